The summed E-state index contributed by atoms with van der Waals surface area (Å²) >= 11 is 0. The molecule has 6 nitrogen and oxygen atoms in total. The van der Waals surface area contributed by atoms with Gasteiger partial charge in [0.25, 0.3) is 5.75 Å². The maximum absolute atomic E-state index is 10.9. The van der Waals surface area contributed by atoms with Crippen LogP contribution in [0.15, 0.2) is 0 Å². The third kappa shape index (κ3) is 6.51. The standard InChI is InChI=1S/C11H14O3.C3H6O3.2Zn/c1-5-6(2)8(4)10(12)9(7(5)3)11(13)14;1-2(4)3(5)6;;/h12H,1-4H3,(H,13,14);2,4H,1H3,(H,5,6);;/p+2. The van der Waals surface area contributed by atoms with Crippen LogP contribution in [0.2, 0.25) is 0 Å². The van der Waals surface area contributed by atoms with Crippen LogP contribution >= 0.6 is 0 Å². The number of carboxylic acid groups (broad SMARTS) is 2. The molecule has 0 aliphatic rings. The molecule has 116 valence electrons. The van der Waals surface area contributed by atoms with E-state index >= 15 is 0 Å². The smallest absolute Gasteiger partial charge is 0.383 e. The zero-order chi connectivity index (χ0) is 16.2. The predicted octanol–water partition coefficient (Wildman–Crippen LogP) is 1.24. The van der Waals surface area contributed by atoms with Crippen molar-refractivity contribution in [2.24, 2.45) is 0 Å². The fourth-order valence-corrected chi connectivity index (χ4v) is 1.58. The van der Waals surface area contributed by atoms with Gasteiger partial charge in [-0.15, -0.1) is 0 Å². The summed E-state index contributed by atoms with van der Waals surface area (Å²) in [6.07, 6.45) is -0.981. The summed E-state index contributed by atoms with van der Waals surface area (Å²) in [6, 6.07) is 0. The summed E-state index contributed by atoms with van der Waals surface area (Å²) < 4.78 is 0. The maximum atomic E-state index is 10.9. The summed E-state index contributed by atoms with van der Waals surface area (Å²) in [5.41, 5.74) is 3.56. The maximum Gasteiger partial charge on any atom is 0.383 e. The fourth-order valence-electron chi connectivity index (χ4n) is 1.58. The Morgan fingerprint density at radius 2 is 1.23 bits per heavy atom. The van der Waals surface area contributed by atoms with E-state index in [1.54, 1.807) is 13.8 Å². The van der Waals surface area contributed by atoms with Gasteiger partial charge < -0.3 is 20.4 Å². The van der Waals surface area contributed by atoms with Crippen molar-refractivity contribution in [3.63, 3.8) is 0 Å². The van der Waals surface area contributed by atoms with E-state index in [9.17, 15) is 9.59 Å². The second kappa shape index (κ2) is 10.8. The van der Waals surface area contributed by atoms with E-state index in [4.69, 9.17) is 20.4 Å². The van der Waals surface area contributed by atoms with Crippen molar-refractivity contribution in [3.05, 3.63) is 27.8 Å². The van der Waals surface area contributed by atoms with Gasteiger partial charge in [0.1, 0.15) is 0 Å². The molecule has 0 aliphatic carbocycles. The molecular formula is C14H22O6Zn2+2. The second-order valence-corrected chi connectivity index (χ2v) is 4.62. The Kier molecular flexibility index (Phi) is 12.8. The quantitative estimate of drug-likeness (QED) is 0.556. The number of rotatable bonds is 2. The van der Waals surface area contributed by atoms with Crippen molar-refractivity contribution in [1.82, 2.24) is 0 Å². The Morgan fingerprint density at radius 3 is 1.50 bits per heavy atom. The third-order valence-corrected chi connectivity index (χ3v) is 3.27. The number of hydrogen-bond donors (Lipinski definition) is 2. The minimum atomic E-state index is -1.07. The van der Waals surface area contributed by atoms with Crippen LogP contribution in [-0.2, 0) is 43.8 Å². The van der Waals surface area contributed by atoms with E-state index in [0.29, 0.717) is 5.56 Å². The summed E-state index contributed by atoms with van der Waals surface area (Å²) in [7, 11) is 0. The van der Waals surface area contributed by atoms with Crippen molar-refractivity contribution < 1.29 is 69.0 Å². The zero-order valence-corrected chi connectivity index (χ0v) is 19.6. The number of aliphatic carboxylic acids is 1. The van der Waals surface area contributed by atoms with Crippen molar-refractivity contribution in [3.8, 4) is 5.75 Å². The Balaban J connectivity index is -0.000000392. The minimum Gasteiger partial charge on any atom is -0.593 e. The first-order chi connectivity index (χ1) is 9.02. The number of carbonyl (C=O) groups is 2. The Bertz CT molecular complexity index is 512. The van der Waals surface area contributed by atoms with Crippen molar-refractivity contribution in [2.45, 2.75) is 40.7 Å². The number of hydrogen-bond acceptors (Lipinski definition) is 2. The van der Waals surface area contributed by atoms with E-state index in [-0.39, 0.29) is 50.3 Å². The summed E-state index contributed by atoms with van der Waals surface area (Å²) in [5, 5.41) is 30.9. The SMILES string of the molecule is CC([OH2+])C(=O)O.Cc1c(C)c(C)c(C(=O)O)c([OH2+])c1C.[Zn].[Zn]. The first-order valence-electron chi connectivity index (χ1n) is 6.01. The topological polar surface area (TPSA) is 120 Å². The van der Waals surface area contributed by atoms with Crippen LogP contribution in [0.3, 0.4) is 0 Å². The molecule has 0 saturated carbocycles. The molecule has 6 N–H and O–H groups in total. The first-order valence-corrected chi connectivity index (χ1v) is 6.01. The number of carboxylic acids is 2. The van der Waals surface area contributed by atoms with Crippen LogP contribution in [0.5, 0.6) is 5.75 Å². The van der Waals surface area contributed by atoms with Crippen molar-refractivity contribution in [1.29, 1.82) is 0 Å². The van der Waals surface area contributed by atoms with Gasteiger partial charge in [0, 0.05) is 51.4 Å². The summed E-state index contributed by atoms with van der Waals surface area (Å²) in [6.45, 7) is 8.66. The van der Waals surface area contributed by atoms with Gasteiger partial charge in [-0.2, -0.15) is 0 Å². The molecule has 1 atom stereocenters. The zero-order valence-electron chi connectivity index (χ0n) is 13.7. The monoisotopic (exact) mass is 414 g/mol. The third-order valence-electron chi connectivity index (χ3n) is 3.27. The van der Waals surface area contributed by atoms with Crippen molar-refractivity contribution in [2.75, 3.05) is 0 Å². The molecule has 0 bridgehead atoms. The molecule has 0 saturated heterocycles. The van der Waals surface area contributed by atoms with Gasteiger partial charge in [-0.05, 0) is 44.4 Å². The fraction of sp³-hybridized carbons (Fsp3) is 0.429. The molecule has 1 rings (SSSR count). The van der Waals surface area contributed by atoms with Gasteiger partial charge in [-0.1, -0.05) is 0 Å². The largest absolute Gasteiger partial charge is 0.593 e. The van der Waals surface area contributed by atoms with Gasteiger partial charge in [-0.3, -0.25) is 0 Å². The molecule has 22 heavy (non-hydrogen) atoms. The predicted molar refractivity (Wildman–Crippen MR) is 76.1 cm³/mol. The van der Waals surface area contributed by atoms with Crippen LogP contribution in [0.4, 0.5) is 0 Å². The molecule has 0 fully saturated rings. The van der Waals surface area contributed by atoms with Gasteiger partial charge in [0.2, 0.25) is 6.10 Å². The molecule has 1 aromatic carbocycles. The van der Waals surface area contributed by atoms with Crippen molar-refractivity contribution >= 4 is 11.9 Å². The van der Waals surface area contributed by atoms with Gasteiger partial charge in [0.05, 0.1) is 0 Å². The first kappa shape index (κ1) is 26.1. The van der Waals surface area contributed by atoms with Crippen LogP contribution in [0, 0.1) is 27.7 Å². The van der Waals surface area contributed by atoms with Gasteiger partial charge in [0.15, 0.2) is 5.56 Å². The molecule has 0 radical (unpaired) electrons. The van der Waals surface area contributed by atoms with E-state index in [1.165, 1.54) is 6.92 Å². The van der Waals surface area contributed by atoms with E-state index in [2.05, 4.69) is 0 Å². The number of aromatic carboxylic acids is 1. The molecule has 1 unspecified atom stereocenters. The average molecular weight is 417 g/mol. The molecule has 0 spiro atoms. The van der Waals surface area contributed by atoms with Crippen LogP contribution in [0.25, 0.3) is 0 Å². The molecule has 0 aromatic heterocycles. The van der Waals surface area contributed by atoms with Crippen LogP contribution in [0.1, 0.15) is 39.5 Å². The van der Waals surface area contributed by atoms with Gasteiger partial charge >= 0.3 is 11.9 Å². The second-order valence-electron chi connectivity index (χ2n) is 4.62. The molecule has 0 amide bonds. The van der Waals surface area contributed by atoms with Crippen LogP contribution in [-0.4, -0.2) is 38.5 Å². The Labute approximate surface area is 155 Å². The Morgan fingerprint density at radius 1 is 0.909 bits per heavy atom. The molecule has 8 heteroatoms. The average Bonchev–Trinajstić information content (AvgIpc) is 2.34. The van der Waals surface area contributed by atoms with Crippen LogP contribution < -0.4 is 0 Å². The number of benzene rings is 1. The Hall–Kier alpha value is -0.833. The van der Waals surface area contributed by atoms with E-state index in [0.717, 1.165) is 16.7 Å². The van der Waals surface area contributed by atoms with E-state index < -0.39 is 18.0 Å². The molecule has 0 heterocycles. The van der Waals surface area contributed by atoms with Gasteiger partial charge in [-0.25, -0.2) is 9.59 Å². The minimum absolute atomic E-state index is 0. The molecule has 1 aromatic rings. The summed E-state index contributed by atoms with van der Waals surface area (Å²) in [4.78, 5) is 20.4. The summed E-state index contributed by atoms with van der Waals surface area (Å²) in [5.74, 6) is -1.95. The van der Waals surface area contributed by atoms with E-state index in [1.807, 2.05) is 13.8 Å². The molecular weight excluding hydrogens is 395 g/mol. The molecule has 0 aliphatic heterocycles. The normalized spacial score (nSPS) is 10.3.